The summed E-state index contributed by atoms with van der Waals surface area (Å²) in [7, 11) is 4.22. The molecule has 1 aromatic carbocycles. The minimum Gasteiger partial charge on any atom is -0.305 e. The molecule has 0 radical (unpaired) electrons. The van der Waals surface area contributed by atoms with Gasteiger partial charge >= 0.3 is 0 Å². The molecule has 0 spiro atoms. The molecular formula is C16H23ClN2O. The molecule has 0 aliphatic carbocycles. The van der Waals surface area contributed by atoms with Crippen LogP contribution in [-0.4, -0.2) is 54.9 Å². The van der Waals surface area contributed by atoms with Gasteiger partial charge in [-0.25, -0.2) is 0 Å². The third kappa shape index (κ3) is 3.60. The summed E-state index contributed by atoms with van der Waals surface area (Å²) in [5.41, 5.74) is 0.744. The van der Waals surface area contributed by atoms with Crippen molar-refractivity contribution in [2.24, 2.45) is 0 Å². The van der Waals surface area contributed by atoms with Gasteiger partial charge in [0.15, 0.2) is 5.78 Å². The quantitative estimate of drug-likeness (QED) is 0.798. The molecule has 0 aromatic heterocycles. The van der Waals surface area contributed by atoms with Crippen LogP contribution in [0.25, 0.3) is 0 Å². The van der Waals surface area contributed by atoms with Crippen LogP contribution >= 0.6 is 11.6 Å². The number of halogens is 1. The molecule has 2 atom stereocenters. The Bertz CT molecular complexity index is 458. The molecule has 2 unspecified atom stereocenters. The van der Waals surface area contributed by atoms with Crippen LogP contribution in [-0.2, 0) is 0 Å². The van der Waals surface area contributed by atoms with E-state index < -0.39 is 0 Å². The number of likely N-dealkylation sites (tertiary alicyclic amines) is 1. The predicted molar refractivity (Wildman–Crippen MR) is 83.5 cm³/mol. The minimum atomic E-state index is -0.0704. The van der Waals surface area contributed by atoms with Gasteiger partial charge < -0.3 is 4.90 Å². The number of hydrogen-bond donors (Lipinski definition) is 0. The van der Waals surface area contributed by atoms with E-state index in [4.69, 9.17) is 11.6 Å². The maximum absolute atomic E-state index is 12.5. The topological polar surface area (TPSA) is 23.6 Å². The summed E-state index contributed by atoms with van der Waals surface area (Å²) < 4.78 is 0. The molecule has 1 heterocycles. The van der Waals surface area contributed by atoms with Crippen molar-refractivity contribution in [2.75, 3.05) is 27.2 Å². The van der Waals surface area contributed by atoms with E-state index >= 15 is 0 Å². The van der Waals surface area contributed by atoms with E-state index in [-0.39, 0.29) is 11.8 Å². The first-order chi connectivity index (χ1) is 9.49. The molecule has 4 heteroatoms. The molecule has 1 aliphatic rings. The number of carbonyl (C=O) groups is 1. The van der Waals surface area contributed by atoms with Crippen LogP contribution in [0.3, 0.4) is 0 Å². The first-order valence-corrected chi connectivity index (χ1v) is 7.57. The fourth-order valence-corrected chi connectivity index (χ4v) is 2.90. The van der Waals surface area contributed by atoms with E-state index in [0.717, 1.165) is 25.1 Å². The molecule has 1 aliphatic heterocycles. The van der Waals surface area contributed by atoms with Crippen molar-refractivity contribution in [3.8, 4) is 0 Å². The highest BCUT2D eigenvalue weighted by atomic mass is 35.5. The number of carbonyl (C=O) groups excluding carboxylic acids is 1. The number of likely N-dealkylation sites (N-methyl/N-ethyl adjacent to an activating group) is 1. The van der Waals surface area contributed by atoms with Crippen LogP contribution in [0.1, 0.15) is 30.1 Å². The molecule has 1 fully saturated rings. The number of ketones is 1. The Morgan fingerprint density at radius 1 is 1.35 bits per heavy atom. The zero-order valence-electron chi connectivity index (χ0n) is 12.5. The Morgan fingerprint density at radius 3 is 2.60 bits per heavy atom. The van der Waals surface area contributed by atoms with E-state index in [2.05, 4.69) is 23.9 Å². The molecular weight excluding hydrogens is 272 g/mol. The van der Waals surface area contributed by atoms with Gasteiger partial charge in [0, 0.05) is 23.2 Å². The first kappa shape index (κ1) is 15.5. The SMILES string of the molecule is CC(C(=O)c1ccc(Cl)cc1)N1CCCC(N(C)C)C1. The van der Waals surface area contributed by atoms with Crippen molar-refractivity contribution in [3.05, 3.63) is 34.9 Å². The van der Waals surface area contributed by atoms with E-state index in [1.807, 2.05) is 19.1 Å². The second-order valence-corrected chi connectivity index (χ2v) is 6.24. The lowest BCUT2D eigenvalue weighted by Gasteiger charge is -2.38. The summed E-state index contributed by atoms with van der Waals surface area (Å²) in [5, 5.41) is 0.667. The highest BCUT2D eigenvalue weighted by Crippen LogP contribution is 2.19. The van der Waals surface area contributed by atoms with Gasteiger partial charge in [0.25, 0.3) is 0 Å². The van der Waals surface area contributed by atoms with Crippen LogP contribution in [0.4, 0.5) is 0 Å². The summed E-state index contributed by atoms with van der Waals surface area (Å²) in [4.78, 5) is 17.1. The molecule has 20 heavy (non-hydrogen) atoms. The van der Waals surface area contributed by atoms with Crippen molar-refractivity contribution < 1.29 is 4.79 Å². The Balaban J connectivity index is 2.04. The number of hydrogen-bond acceptors (Lipinski definition) is 3. The monoisotopic (exact) mass is 294 g/mol. The number of Topliss-reactive ketones (excluding diaryl/α,β-unsaturated/α-hetero) is 1. The fraction of sp³-hybridized carbons (Fsp3) is 0.562. The summed E-state index contributed by atoms with van der Waals surface area (Å²) in [6, 6.07) is 7.66. The smallest absolute Gasteiger partial charge is 0.179 e. The van der Waals surface area contributed by atoms with Gasteiger partial charge in [0.05, 0.1) is 6.04 Å². The first-order valence-electron chi connectivity index (χ1n) is 7.19. The summed E-state index contributed by atoms with van der Waals surface area (Å²) >= 11 is 5.87. The summed E-state index contributed by atoms with van der Waals surface area (Å²) in [6.07, 6.45) is 2.37. The van der Waals surface area contributed by atoms with Gasteiger partial charge in [-0.15, -0.1) is 0 Å². The van der Waals surface area contributed by atoms with Crippen molar-refractivity contribution in [1.29, 1.82) is 0 Å². The molecule has 0 bridgehead atoms. The lowest BCUT2D eigenvalue weighted by Crippen LogP contribution is -2.50. The third-order valence-electron chi connectivity index (χ3n) is 4.21. The largest absolute Gasteiger partial charge is 0.305 e. The zero-order valence-corrected chi connectivity index (χ0v) is 13.2. The van der Waals surface area contributed by atoms with E-state index in [1.54, 1.807) is 12.1 Å². The molecule has 2 rings (SSSR count). The van der Waals surface area contributed by atoms with Crippen molar-refractivity contribution >= 4 is 17.4 Å². The number of nitrogens with zero attached hydrogens (tertiary/aromatic N) is 2. The number of benzene rings is 1. The second kappa shape index (κ2) is 6.70. The fourth-order valence-electron chi connectivity index (χ4n) is 2.78. The molecule has 1 saturated heterocycles. The van der Waals surface area contributed by atoms with Crippen molar-refractivity contribution in [1.82, 2.24) is 9.80 Å². The van der Waals surface area contributed by atoms with Gasteiger partial charge in [-0.3, -0.25) is 9.69 Å². The highest BCUT2D eigenvalue weighted by molar-refractivity contribution is 6.30. The summed E-state index contributed by atoms with van der Waals surface area (Å²) in [6.45, 7) is 3.98. The van der Waals surface area contributed by atoms with Gasteiger partial charge in [-0.05, 0) is 64.7 Å². The molecule has 0 N–H and O–H groups in total. The average Bonchev–Trinajstić information content (AvgIpc) is 2.46. The van der Waals surface area contributed by atoms with Crippen LogP contribution in [0.5, 0.6) is 0 Å². The van der Waals surface area contributed by atoms with E-state index in [0.29, 0.717) is 11.1 Å². The maximum Gasteiger partial charge on any atom is 0.179 e. The lowest BCUT2D eigenvalue weighted by atomic mass is 9.99. The normalized spacial score (nSPS) is 21.9. The van der Waals surface area contributed by atoms with Crippen LogP contribution in [0.2, 0.25) is 5.02 Å². The third-order valence-corrected chi connectivity index (χ3v) is 4.47. The molecule has 0 amide bonds. The van der Waals surface area contributed by atoms with Crippen LogP contribution < -0.4 is 0 Å². The second-order valence-electron chi connectivity index (χ2n) is 5.80. The van der Waals surface area contributed by atoms with Gasteiger partial charge in [-0.2, -0.15) is 0 Å². The standard InChI is InChI=1S/C16H23ClN2O/c1-12(16(20)13-6-8-14(17)9-7-13)19-10-4-5-15(11-19)18(2)3/h6-9,12,15H,4-5,10-11H2,1-3H3. The minimum absolute atomic E-state index is 0.0704. The summed E-state index contributed by atoms with van der Waals surface area (Å²) in [5.74, 6) is 0.182. The lowest BCUT2D eigenvalue weighted by molar-refractivity contribution is 0.0698. The van der Waals surface area contributed by atoms with Gasteiger partial charge in [-0.1, -0.05) is 11.6 Å². The number of rotatable bonds is 4. The van der Waals surface area contributed by atoms with E-state index in [1.165, 1.54) is 6.42 Å². The predicted octanol–water partition coefficient (Wildman–Crippen LogP) is 2.94. The maximum atomic E-state index is 12.5. The molecule has 110 valence electrons. The van der Waals surface area contributed by atoms with Crippen LogP contribution in [0, 0.1) is 0 Å². The number of piperidine rings is 1. The highest BCUT2D eigenvalue weighted by Gasteiger charge is 2.28. The molecule has 0 saturated carbocycles. The van der Waals surface area contributed by atoms with Crippen molar-refractivity contribution in [2.45, 2.75) is 31.8 Å². The molecule has 3 nitrogen and oxygen atoms in total. The average molecular weight is 295 g/mol. The van der Waals surface area contributed by atoms with Crippen LogP contribution in [0.15, 0.2) is 24.3 Å². The Kier molecular flexibility index (Phi) is 5.19. The zero-order chi connectivity index (χ0) is 14.7. The van der Waals surface area contributed by atoms with E-state index in [9.17, 15) is 4.79 Å². The van der Waals surface area contributed by atoms with Gasteiger partial charge in [0.2, 0.25) is 0 Å². The van der Waals surface area contributed by atoms with Crippen molar-refractivity contribution in [3.63, 3.8) is 0 Å². The molecule has 1 aromatic rings. The Labute approximate surface area is 126 Å². The van der Waals surface area contributed by atoms with Gasteiger partial charge in [0.1, 0.15) is 0 Å². The Hall–Kier alpha value is -0.900. The Morgan fingerprint density at radius 2 is 2.00 bits per heavy atom.